The molecule has 1 fully saturated rings. The summed E-state index contributed by atoms with van der Waals surface area (Å²) in [6, 6.07) is 21.9. The third-order valence-electron chi connectivity index (χ3n) is 6.30. The molecule has 31 heavy (non-hydrogen) atoms. The van der Waals surface area contributed by atoms with Gasteiger partial charge in [-0.15, -0.1) is 23.7 Å². The quantitative estimate of drug-likeness (QED) is 0.546. The topological polar surface area (TPSA) is 38.7 Å². The maximum Gasteiger partial charge on any atom is 0.262 e. The summed E-state index contributed by atoms with van der Waals surface area (Å²) in [7, 11) is -2.60. The lowest BCUT2D eigenvalue weighted by Gasteiger charge is -2.46. The molecule has 1 saturated heterocycles. The molecule has 2 aromatic carbocycles. The van der Waals surface area contributed by atoms with Crippen LogP contribution in [0.5, 0.6) is 0 Å². The second-order valence-corrected chi connectivity index (χ2v) is 14.5. The molecule has 4 rings (SSSR count). The number of thiazole rings is 1. The normalized spacial score (nSPS) is 18.2. The first-order valence-corrected chi connectivity index (χ1v) is 13.8. The maximum absolute atomic E-state index is 7.53. The Morgan fingerprint density at radius 2 is 1.65 bits per heavy atom. The van der Waals surface area contributed by atoms with Crippen LogP contribution < -0.4 is 15.7 Å². The highest BCUT2D eigenvalue weighted by molar-refractivity contribution is 7.09. The summed E-state index contributed by atoms with van der Waals surface area (Å²) in [4.78, 5) is 4.75. The van der Waals surface area contributed by atoms with Gasteiger partial charge in [-0.25, -0.2) is 4.98 Å². The minimum absolute atomic E-state index is 0. The van der Waals surface area contributed by atoms with Crippen LogP contribution in [-0.4, -0.2) is 26.4 Å². The van der Waals surface area contributed by atoms with E-state index in [0.717, 1.165) is 11.6 Å². The summed E-state index contributed by atoms with van der Waals surface area (Å²) in [5, 5.41) is 8.31. The Morgan fingerprint density at radius 3 is 2.10 bits per heavy atom. The lowest BCUT2D eigenvalue weighted by atomic mass is 9.94. The van der Waals surface area contributed by atoms with Gasteiger partial charge in [0.25, 0.3) is 8.32 Å². The second-order valence-electron chi connectivity index (χ2n) is 9.29. The Balaban J connectivity index is 0.00000272. The monoisotopic (exact) mass is 473 g/mol. The fourth-order valence-corrected chi connectivity index (χ4v) is 10.4. The number of hydrogen-bond acceptors (Lipinski definition) is 3. The van der Waals surface area contributed by atoms with Gasteiger partial charge < -0.3 is 9.74 Å². The Bertz CT molecular complexity index is 870. The number of rotatable bonds is 6. The maximum atomic E-state index is 7.53. The lowest BCUT2D eigenvalue weighted by molar-refractivity contribution is -0.670. The molecule has 0 saturated carbocycles. The van der Waals surface area contributed by atoms with Gasteiger partial charge in [-0.1, -0.05) is 81.4 Å². The largest absolute Gasteiger partial charge is 0.397 e. The van der Waals surface area contributed by atoms with Gasteiger partial charge in [0.2, 0.25) is 0 Å². The van der Waals surface area contributed by atoms with E-state index >= 15 is 0 Å². The highest BCUT2D eigenvalue weighted by Crippen LogP contribution is 2.42. The zero-order chi connectivity index (χ0) is 21.0. The average molecular weight is 474 g/mol. The van der Waals surface area contributed by atoms with Crippen molar-refractivity contribution in [2.45, 2.75) is 44.8 Å². The van der Waals surface area contributed by atoms with Crippen LogP contribution in [0, 0.1) is 5.92 Å². The Hall–Kier alpha value is -1.50. The van der Waals surface area contributed by atoms with E-state index in [0.29, 0.717) is 5.92 Å². The van der Waals surface area contributed by atoms with E-state index in [1.54, 1.807) is 11.3 Å². The molecule has 0 bridgehead atoms. The first-order chi connectivity index (χ1) is 14.5. The molecular formula is C25H34ClN2OSSi+. The van der Waals surface area contributed by atoms with Crippen molar-refractivity contribution in [3.63, 3.8) is 0 Å². The number of aromatic nitrogens is 1. The summed E-state index contributed by atoms with van der Waals surface area (Å²) >= 11 is 1.74. The highest BCUT2D eigenvalue weighted by Gasteiger charge is 2.52. The molecule has 1 aromatic heterocycles. The Kier molecular flexibility index (Phi) is 8.11. The molecule has 3 aromatic rings. The van der Waals surface area contributed by atoms with E-state index in [4.69, 9.17) is 9.41 Å². The number of halogens is 1. The fraction of sp³-hybridized carbons (Fsp3) is 0.400. The summed E-state index contributed by atoms with van der Waals surface area (Å²) in [5.41, 5.74) is 0. The van der Waals surface area contributed by atoms with Gasteiger partial charge in [0, 0.05) is 17.5 Å². The number of nitrogens with zero attached hydrogens (tertiary/aromatic N) is 1. The van der Waals surface area contributed by atoms with Gasteiger partial charge in [0.1, 0.15) is 11.1 Å². The van der Waals surface area contributed by atoms with Gasteiger partial charge in [0.05, 0.1) is 13.1 Å². The molecule has 0 amide bonds. The molecule has 0 spiro atoms. The highest BCUT2D eigenvalue weighted by atomic mass is 35.5. The minimum atomic E-state index is -2.60. The van der Waals surface area contributed by atoms with Crippen molar-refractivity contribution in [1.29, 1.82) is 0 Å². The fourth-order valence-electron chi connectivity index (χ4n) is 4.85. The van der Waals surface area contributed by atoms with Crippen molar-refractivity contribution in [3.05, 3.63) is 77.2 Å². The van der Waals surface area contributed by atoms with E-state index in [1.165, 1.54) is 29.8 Å². The summed E-state index contributed by atoms with van der Waals surface area (Å²) in [5.74, 6) is 0.492. The molecule has 2 N–H and O–H groups in total. The summed E-state index contributed by atoms with van der Waals surface area (Å²) in [6.45, 7) is 9.39. The molecule has 166 valence electrons. The molecule has 6 heteroatoms. The third kappa shape index (κ3) is 4.96. The van der Waals surface area contributed by atoms with Crippen LogP contribution >= 0.6 is 23.7 Å². The van der Waals surface area contributed by atoms with Gasteiger partial charge in [-0.05, 0) is 28.3 Å². The average Bonchev–Trinajstić information content (AvgIpc) is 3.30. The molecule has 0 unspecified atom stereocenters. The number of benzene rings is 2. The van der Waals surface area contributed by atoms with Gasteiger partial charge in [-0.2, -0.15) is 0 Å². The van der Waals surface area contributed by atoms with Crippen molar-refractivity contribution >= 4 is 42.4 Å². The van der Waals surface area contributed by atoms with Crippen LogP contribution in [0.1, 0.15) is 44.7 Å². The van der Waals surface area contributed by atoms with Crippen molar-refractivity contribution in [1.82, 2.24) is 4.98 Å². The van der Waals surface area contributed by atoms with Crippen LogP contribution in [0.4, 0.5) is 0 Å². The van der Waals surface area contributed by atoms with E-state index in [9.17, 15) is 0 Å². The smallest absolute Gasteiger partial charge is 0.262 e. The van der Waals surface area contributed by atoms with Crippen LogP contribution in [0.3, 0.4) is 0 Å². The first kappa shape index (κ1) is 24.1. The lowest BCUT2D eigenvalue weighted by Crippen LogP contribution is -2.87. The van der Waals surface area contributed by atoms with E-state index < -0.39 is 8.32 Å². The summed E-state index contributed by atoms with van der Waals surface area (Å²) < 4.78 is 7.53. The number of quaternary nitrogens is 1. The zero-order valence-corrected chi connectivity index (χ0v) is 21.3. The Labute approximate surface area is 197 Å². The molecule has 0 aliphatic carbocycles. The third-order valence-corrected chi connectivity index (χ3v) is 12.1. The van der Waals surface area contributed by atoms with E-state index in [1.807, 2.05) is 6.20 Å². The van der Waals surface area contributed by atoms with Crippen molar-refractivity contribution in [2.24, 2.45) is 5.92 Å². The molecular weight excluding hydrogens is 440 g/mol. The molecule has 1 aliphatic heterocycles. The number of hydrogen-bond donors (Lipinski definition) is 1. The predicted molar refractivity (Wildman–Crippen MR) is 135 cm³/mol. The zero-order valence-electron chi connectivity index (χ0n) is 18.7. The van der Waals surface area contributed by atoms with E-state index in [-0.39, 0.29) is 23.5 Å². The Morgan fingerprint density at radius 1 is 1.03 bits per heavy atom. The predicted octanol–water partition coefficient (Wildman–Crippen LogP) is 4.16. The standard InChI is InChI=1S/C25H32N2OSSi.ClH/c1-25(2,3)30(21-12-6-4-7-13-21,22-14-8-5-9-15-22)28-23(24-27-17-18-29-24)20-11-10-16-26-19-20;/h4-9,12-15,17-18,20,23,26H,10-11,16,19H2,1-3H3;1H/p+1/t20-,23-;/m0./s1. The number of piperidine rings is 1. The molecule has 1 aliphatic rings. The van der Waals surface area contributed by atoms with Crippen LogP contribution in [0.25, 0.3) is 0 Å². The second kappa shape index (κ2) is 10.4. The van der Waals surface area contributed by atoms with Crippen molar-refractivity contribution in [3.8, 4) is 0 Å². The van der Waals surface area contributed by atoms with Crippen molar-refractivity contribution < 1.29 is 9.74 Å². The molecule has 2 atom stereocenters. The minimum Gasteiger partial charge on any atom is -0.397 e. The SMILES string of the molecule is CC(C)(C)[Si](O[C@H](c1nccs1)[C@H]1CCC[NH2+]C1)(c1ccccc1)c1ccccc1.Cl. The van der Waals surface area contributed by atoms with Crippen LogP contribution in [0.15, 0.2) is 72.2 Å². The molecule has 3 nitrogen and oxygen atoms in total. The molecule has 0 radical (unpaired) electrons. The van der Waals surface area contributed by atoms with Gasteiger partial charge >= 0.3 is 0 Å². The van der Waals surface area contributed by atoms with Gasteiger partial charge in [0.15, 0.2) is 0 Å². The number of nitrogens with two attached hydrogens (primary N) is 1. The van der Waals surface area contributed by atoms with Gasteiger partial charge in [-0.3, -0.25) is 0 Å². The van der Waals surface area contributed by atoms with Crippen LogP contribution in [-0.2, 0) is 4.43 Å². The van der Waals surface area contributed by atoms with Crippen LogP contribution in [0.2, 0.25) is 5.04 Å². The molecule has 2 heterocycles. The summed E-state index contributed by atoms with van der Waals surface area (Å²) in [6.07, 6.45) is 4.41. The first-order valence-electron chi connectivity index (χ1n) is 11.0. The van der Waals surface area contributed by atoms with Crippen molar-refractivity contribution in [2.75, 3.05) is 13.1 Å². The van der Waals surface area contributed by atoms with E-state index in [2.05, 4.69) is 92.1 Å².